The SMILES string of the molecule is Nc1ncn(CC(=O)N2CCSCC2)n1. The van der Waals surface area contributed by atoms with Gasteiger partial charge in [0.15, 0.2) is 0 Å². The van der Waals surface area contributed by atoms with Gasteiger partial charge in [0, 0.05) is 24.6 Å². The van der Waals surface area contributed by atoms with Gasteiger partial charge in [-0.1, -0.05) is 0 Å². The second-order valence-corrected chi connectivity index (χ2v) is 4.52. The molecule has 2 N–H and O–H groups in total. The van der Waals surface area contributed by atoms with Crippen LogP contribution in [0.1, 0.15) is 0 Å². The van der Waals surface area contributed by atoms with Crippen LogP contribution in [0.15, 0.2) is 6.33 Å². The van der Waals surface area contributed by atoms with E-state index in [-0.39, 0.29) is 18.4 Å². The van der Waals surface area contributed by atoms with Gasteiger partial charge in [0.05, 0.1) is 0 Å². The van der Waals surface area contributed by atoms with Gasteiger partial charge in [-0.15, -0.1) is 5.10 Å². The van der Waals surface area contributed by atoms with Crippen LogP contribution in [0.3, 0.4) is 0 Å². The van der Waals surface area contributed by atoms with Crippen LogP contribution in [0.25, 0.3) is 0 Å². The minimum Gasteiger partial charge on any atom is -0.367 e. The number of nitrogens with zero attached hydrogens (tertiary/aromatic N) is 4. The Morgan fingerprint density at radius 1 is 1.53 bits per heavy atom. The van der Waals surface area contributed by atoms with E-state index in [9.17, 15) is 4.79 Å². The van der Waals surface area contributed by atoms with Gasteiger partial charge in [-0.25, -0.2) is 9.67 Å². The third-order valence-corrected chi connectivity index (χ3v) is 3.16. The molecule has 1 aliphatic rings. The van der Waals surface area contributed by atoms with Crippen molar-refractivity contribution in [1.82, 2.24) is 19.7 Å². The molecule has 1 aliphatic heterocycles. The first-order valence-electron chi connectivity index (χ1n) is 4.76. The topological polar surface area (TPSA) is 77.0 Å². The highest BCUT2D eigenvalue weighted by Crippen LogP contribution is 2.09. The van der Waals surface area contributed by atoms with Crippen molar-refractivity contribution in [3.63, 3.8) is 0 Å². The van der Waals surface area contributed by atoms with E-state index in [4.69, 9.17) is 5.73 Å². The summed E-state index contributed by atoms with van der Waals surface area (Å²) in [7, 11) is 0. The highest BCUT2D eigenvalue weighted by atomic mass is 32.2. The third-order valence-electron chi connectivity index (χ3n) is 2.22. The first kappa shape index (κ1) is 10.3. The van der Waals surface area contributed by atoms with Crippen LogP contribution in [0.4, 0.5) is 5.95 Å². The molecule has 0 aliphatic carbocycles. The number of carbonyl (C=O) groups excluding carboxylic acids is 1. The van der Waals surface area contributed by atoms with Gasteiger partial charge in [-0.05, 0) is 0 Å². The summed E-state index contributed by atoms with van der Waals surface area (Å²) in [6.45, 7) is 1.89. The van der Waals surface area contributed by atoms with Crippen LogP contribution in [0, 0.1) is 0 Å². The molecule has 1 amide bonds. The average molecular weight is 227 g/mol. The fourth-order valence-electron chi connectivity index (χ4n) is 1.44. The van der Waals surface area contributed by atoms with Crippen LogP contribution < -0.4 is 5.73 Å². The van der Waals surface area contributed by atoms with Gasteiger partial charge in [0.25, 0.3) is 0 Å². The summed E-state index contributed by atoms with van der Waals surface area (Å²) < 4.78 is 1.47. The summed E-state index contributed by atoms with van der Waals surface area (Å²) in [6.07, 6.45) is 1.48. The Hall–Kier alpha value is -1.24. The molecule has 6 nitrogen and oxygen atoms in total. The van der Waals surface area contributed by atoms with E-state index in [0.717, 1.165) is 24.6 Å². The standard InChI is InChI=1S/C8H13N5OS/c9-8-10-6-13(11-8)5-7(14)12-1-3-15-4-2-12/h6H,1-5H2,(H2,9,11). The summed E-state index contributed by atoms with van der Waals surface area (Å²) in [4.78, 5) is 17.4. The lowest BCUT2D eigenvalue weighted by atomic mass is 10.4. The van der Waals surface area contributed by atoms with Gasteiger partial charge < -0.3 is 10.6 Å². The molecule has 1 saturated heterocycles. The van der Waals surface area contributed by atoms with Crippen molar-refractivity contribution >= 4 is 23.6 Å². The van der Waals surface area contributed by atoms with E-state index in [1.807, 2.05) is 16.7 Å². The second-order valence-electron chi connectivity index (χ2n) is 3.29. The monoisotopic (exact) mass is 227 g/mol. The molecule has 0 unspecified atom stereocenters. The van der Waals surface area contributed by atoms with Crippen molar-refractivity contribution in [2.45, 2.75) is 6.54 Å². The summed E-state index contributed by atoms with van der Waals surface area (Å²) in [5.41, 5.74) is 5.36. The average Bonchev–Trinajstić information content (AvgIpc) is 2.65. The van der Waals surface area contributed by atoms with Crippen LogP contribution in [0.2, 0.25) is 0 Å². The Morgan fingerprint density at radius 3 is 2.87 bits per heavy atom. The maximum absolute atomic E-state index is 11.8. The molecule has 15 heavy (non-hydrogen) atoms. The normalized spacial score (nSPS) is 16.7. The predicted octanol–water partition coefficient (Wildman–Crippen LogP) is -0.564. The Kier molecular flexibility index (Phi) is 3.10. The van der Waals surface area contributed by atoms with Crippen LogP contribution in [-0.4, -0.2) is 50.2 Å². The molecule has 1 fully saturated rings. The Morgan fingerprint density at radius 2 is 2.27 bits per heavy atom. The molecule has 1 aromatic heterocycles. The lowest BCUT2D eigenvalue weighted by Gasteiger charge is -2.26. The molecule has 0 radical (unpaired) electrons. The smallest absolute Gasteiger partial charge is 0.244 e. The van der Waals surface area contributed by atoms with Gasteiger partial charge in [0.2, 0.25) is 11.9 Å². The molecule has 82 valence electrons. The number of thioether (sulfide) groups is 1. The van der Waals surface area contributed by atoms with E-state index < -0.39 is 0 Å². The number of hydrogen-bond donors (Lipinski definition) is 1. The number of carbonyl (C=O) groups is 1. The maximum atomic E-state index is 11.8. The zero-order valence-corrected chi connectivity index (χ0v) is 9.11. The number of amides is 1. The van der Waals surface area contributed by atoms with E-state index >= 15 is 0 Å². The fourth-order valence-corrected chi connectivity index (χ4v) is 2.34. The first-order valence-corrected chi connectivity index (χ1v) is 5.91. The summed E-state index contributed by atoms with van der Waals surface area (Å²) in [6, 6.07) is 0. The number of nitrogen functional groups attached to an aromatic ring is 1. The molecule has 7 heteroatoms. The number of rotatable bonds is 2. The molecular formula is C8H13N5OS. The number of aromatic nitrogens is 3. The highest BCUT2D eigenvalue weighted by molar-refractivity contribution is 7.99. The van der Waals surface area contributed by atoms with E-state index in [1.54, 1.807) is 0 Å². The van der Waals surface area contributed by atoms with Gasteiger partial charge >= 0.3 is 0 Å². The molecule has 0 atom stereocenters. The Balaban J connectivity index is 1.91. The lowest BCUT2D eigenvalue weighted by Crippen LogP contribution is -2.39. The summed E-state index contributed by atoms with van der Waals surface area (Å²) in [5.74, 6) is 2.33. The number of anilines is 1. The minimum absolute atomic E-state index is 0.0835. The van der Waals surface area contributed by atoms with E-state index in [2.05, 4.69) is 10.1 Å². The third kappa shape index (κ3) is 2.62. The molecule has 0 saturated carbocycles. The quantitative estimate of drug-likeness (QED) is 0.732. The minimum atomic E-state index is 0.0835. The summed E-state index contributed by atoms with van der Waals surface area (Å²) >= 11 is 1.88. The van der Waals surface area contributed by atoms with E-state index in [1.165, 1.54) is 11.0 Å². The zero-order valence-electron chi connectivity index (χ0n) is 8.30. The molecule has 0 bridgehead atoms. The van der Waals surface area contributed by atoms with Crippen LogP contribution in [-0.2, 0) is 11.3 Å². The molecule has 0 spiro atoms. The number of nitrogens with two attached hydrogens (primary N) is 1. The second kappa shape index (κ2) is 4.52. The van der Waals surface area contributed by atoms with Crippen molar-refractivity contribution in [3.05, 3.63) is 6.33 Å². The van der Waals surface area contributed by atoms with Gasteiger partial charge in [0.1, 0.15) is 12.9 Å². The summed E-state index contributed by atoms with van der Waals surface area (Å²) in [5, 5.41) is 3.88. The predicted molar refractivity (Wildman–Crippen MR) is 58.3 cm³/mol. The Labute approximate surface area is 91.8 Å². The fraction of sp³-hybridized carbons (Fsp3) is 0.625. The number of hydrogen-bond acceptors (Lipinski definition) is 5. The van der Waals surface area contributed by atoms with Crippen molar-refractivity contribution < 1.29 is 4.79 Å². The Bertz CT molecular complexity index is 347. The molecule has 2 heterocycles. The van der Waals surface area contributed by atoms with Crippen molar-refractivity contribution in [2.75, 3.05) is 30.3 Å². The first-order chi connectivity index (χ1) is 7.25. The lowest BCUT2D eigenvalue weighted by molar-refractivity contribution is -0.131. The van der Waals surface area contributed by atoms with E-state index in [0.29, 0.717) is 0 Å². The van der Waals surface area contributed by atoms with Crippen LogP contribution >= 0.6 is 11.8 Å². The highest BCUT2D eigenvalue weighted by Gasteiger charge is 2.17. The van der Waals surface area contributed by atoms with Crippen molar-refractivity contribution in [1.29, 1.82) is 0 Å². The van der Waals surface area contributed by atoms with Crippen molar-refractivity contribution in [3.8, 4) is 0 Å². The largest absolute Gasteiger partial charge is 0.367 e. The van der Waals surface area contributed by atoms with Gasteiger partial charge in [-0.2, -0.15) is 11.8 Å². The molecule has 2 rings (SSSR count). The zero-order chi connectivity index (χ0) is 10.7. The molecule has 0 aromatic carbocycles. The molecule has 1 aromatic rings. The van der Waals surface area contributed by atoms with Crippen LogP contribution in [0.5, 0.6) is 0 Å². The van der Waals surface area contributed by atoms with Gasteiger partial charge in [-0.3, -0.25) is 4.79 Å². The van der Waals surface area contributed by atoms with Crippen molar-refractivity contribution in [2.24, 2.45) is 0 Å². The molecular weight excluding hydrogens is 214 g/mol. The maximum Gasteiger partial charge on any atom is 0.244 e.